The monoisotopic (exact) mass is 305 g/mol. The van der Waals surface area contributed by atoms with Gasteiger partial charge in [-0.2, -0.15) is 8.42 Å². The van der Waals surface area contributed by atoms with Crippen LogP contribution in [0.15, 0.2) is 0 Å². The van der Waals surface area contributed by atoms with E-state index in [1.807, 2.05) is 0 Å². The Labute approximate surface area is 139 Å². The Hall–Kier alpha value is 0.830. The normalized spacial score (nSPS) is 11.3. The summed E-state index contributed by atoms with van der Waals surface area (Å²) in [6, 6.07) is 0. The van der Waals surface area contributed by atoms with E-state index in [0.717, 1.165) is 19.3 Å². The van der Waals surface area contributed by atoms with Crippen LogP contribution in [0.5, 0.6) is 0 Å². The minimum atomic E-state index is -3.97. The van der Waals surface area contributed by atoms with E-state index >= 15 is 0 Å². The molecule has 111 valence electrons. The molecule has 0 aliphatic carbocycles. The first-order chi connectivity index (χ1) is 8.62. The molecule has 1 radical (unpaired) electrons. The van der Waals surface area contributed by atoms with Crippen LogP contribution in [-0.2, 0) is 23.8 Å². The van der Waals surface area contributed by atoms with Gasteiger partial charge in [0, 0.05) is 29.6 Å². The first-order valence-electron chi connectivity index (χ1n) is 6.82. The van der Waals surface area contributed by atoms with Crippen LogP contribution >= 0.6 is 0 Å². The van der Waals surface area contributed by atoms with E-state index in [9.17, 15) is 8.42 Å². The summed E-state index contributed by atoms with van der Waals surface area (Å²) < 4.78 is 30.8. The van der Waals surface area contributed by atoms with Gasteiger partial charge in [-0.05, 0) is 13.3 Å². The zero-order valence-electron chi connectivity index (χ0n) is 12.5. The fraction of sp³-hybridized carbons (Fsp3) is 1.00. The smallest absolute Gasteiger partial charge is 0.246 e. The Morgan fingerprint density at radius 3 is 1.89 bits per heavy atom. The van der Waals surface area contributed by atoms with Gasteiger partial charge < -0.3 is 0 Å². The maximum atomic E-state index is 11.0. The fourth-order valence-corrected chi connectivity index (χ4v) is 2.10. The zero-order valence-corrected chi connectivity index (χ0v) is 15.3. The van der Waals surface area contributed by atoms with Crippen molar-refractivity contribution in [3.05, 3.63) is 0 Å². The maximum absolute atomic E-state index is 11.0. The van der Waals surface area contributed by atoms with Crippen molar-refractivity contribution in [1.82, 2.24) is 0 Å². The van der Waals surface area contributed by atoms with Crippen LogP contribution in [0, 0.1) is 0 Å². The molecule has 0 aromatic carbocycles. The van der Waals surface area contributed by atoms with Gasteiger partial charge in [0.25, 0.3) is 0 Å². The third-order valence-corrected chi connectivity index (χ3v) is 3.19. The van der Waals surface area contributed by atoms with Gasteiger partial charge in [0.1, 0.15) is 0 Å². The molecule has 0 saturated heterocycles. The van der Waals surface area contributed by atoms with Crippen LogP contribution in [0.4, 0.5) is 0 Å². The van der Waals surface area contributed by atoms with Crippen molar-refractivity contribution in [1.29, 1.82) is 0 Å². The summed E-state index contributed by atoms with van der Waals surface area (Å²) in [5.74, 6) is 0. The minimum Gasteiger partial charge on any atom is -0.246 e. The molecule has 0 aromatic rings. The van der Waals surface area contributed by atoms with Crippen molar-refractivity contribution in [2.75, 3.05) is 13.2 Å². The average Bonchev–Trinajstić information content (AvgIpc) is 2.34. The van der Waals surface area contributed by atoms with E-state index in [1.165, 1.54) is 32.1 Å². The van der Waals surface area contributed by atoms with Crippen LogP contribution in [0.1, 0.15) is 65.2 Å². The number of hydrogen-bond acceptors (Lipinski definition) is 5. The van der Waals surface area contributed by atoms with Crippen LogP contribution in [0.25, 0.3) is 0 Å². The van der Waals surface area contributed by atoms with Crippen LogP contribution in [0.3, 0.4) is 0 Å². The Bertz CT molecular complexity index is 269. The number of rotatable bonds is 13. The van der Waals surface area contributed by atoms with Crippen LogP contribution < -0.4 is 0 Å². The van der Waals surface area contributed by atoms with Gasteiger partial charge in [-0.1, -0.05) is 56.2 Å². The van der Waals surface area contributed by atoms with Gasteiger partial charge in [-0.25, -0.2) is 9.07 Å². The maximum Gasteiger partial charge on any atom is 0.426 e. The van der Waals surface area contributed by atoms with Crippen LogP contribution in [-0.4, -0.2) is 51.2 Å². The summed E-state index contributed by atoms with van der Waals surface area (Å²) in [6.07, 6.45) is 9.16. The topological polar surface area (TPSA) is 61.8 Å². The van der Waals surface area contributed by atoms with E-state index in [-0.39, 0.29) is 42.8 Å². The molecule has 0 unspecified atom stereocenters. The summed E-state index contributed by atoms with van der Waals surface area (Å²) in [5.41, 5.74) is 0. The first-order valence-corrected chi connectivity index (χ1v) is 8.16. The summed E-state index contributed by atoms with van der Waals surface area (Å²) in [7, 11) is -3.97. The summed E-state index contributed by atoms with van der Waals surface area (Å²) in [6.45, 7) is 4.15. The SMILES string of the molecule is CCCCCCCCCCOS(=O)(=O)OOCC.[Na]. The second-order valence-corrected chi connectivity index (χ2v) is 5.37. The predicted molar refractivity (Wildman–Crippen MR) is 75.9 cm³/mol. The van der Waals surface area contributed by atoms with Crippen LogP contribution in [0.2, 0.25) is 0 Å². The molecule has 19 heavy (non-hydrogen) atoms. The Balaban J connectivity index is 0. The molecule has 0 saturated carbocycles. The molecule has 0 amide bonds. The van der Waals surface area contributed by atoms with Crippen molar-refractivity contribution in [2.24, 2.45) is 0 Å². The molecule has 5 nitrogen and oxygen atoms in total. The Morgan fingerprint density at radius 2 is 1.37 bits per heavy atom. The summed E-state index contributed by atoms with van der Waals surface area (Å²) in [5, 5.41) is 0. The van der Waals surface area contributed by atoms with Gasteiger partial charge in [0.2, 0.25) is 0 Å². The molecule has 0 fully saturated rings. The van der Waals surface area contributed by atoms with E-state index in [0.29, 0.717) is 0 Å². The van der Waals surface area contributed by atoms with Crippen molar-refractivity contribution in [3.8, 4) is 0 Å². The molecule has 7 heteroatoms. The number of hydrogen-bond donors (Lipinski definition) is 0. The van der Waals surface area contributed by atoms with E-state index < -0.39 is 10.4 Å². The minimum absolute atomic E-state index is 0. The quantitative estimate of drug-likeness (QED) is 0.226. The molecular formula is C12H26NaO5S. The van der Waals surface area contributed by atoms with Gasteiger partial charge in [0.15, 0.2) is 0 Å². The van der Waals surface area contributed by atoms with Gasteiger partial charge in [-0.3, -0.25) is 0 Å². The van der Waals surface area contributed by atoms with E-state index in [4.69, 9.17) is 0 Å². The van der Waals surface area contributed by atoms with Crippen molar-refractivity contribution in [3.63, 3.8) is 0 Å². The summed E-state index contributed by atoms with van der Waals surface area (Å²) in [4.78, 5) is 4.32. The molecular weight excluding hydrogens is 279 g/mol. The molecule has 0 N–H and O–H groups in total. The van der Waals surface area contributed by atoms with Crippen molar-refractivity contribution in [2.45, 2.75) is 65.2 Å². The first kappa shape index (κ1) is 22.1. The molecule has 0 aromatic heterocycles. The van der Waals surface area contributed by atoms with Gasteiger partial charge >= 0.3 is 10.4 Å². The third kappa shape index (κ3) is 16.8. The molecule has 0 aliphatic heterocycles. The molecule has 0 heterocycles. The zero-order chi connectivity index (χ0) is 13.7. The largest absolute Gasteiger partial charge is 0.426 e. The van der Waals surface area contributed by atoms with Crippen molar-refractivity contribution >= 4 is 40.0 Å². The van der Waals surface area contributed by atoms with Gasteiger partial charge in [-0.15, -0.1) is 0 Å². The second kappa shape index (κ2) is 15.2. The molecule has 0 bridgehead atoms. The fourth-order valence-electron chi connectivity index (χ4n) is 1.52. The Morgan fingerprint density at radius 1 is 0.842 bits per heavy atom. The predicted octanol–water partition coefficient (Wildman–Crippen LogP) is 2.98. The second-order valence-electron chi connectivity index (χ2n) is 4.18. The molecule has 0 rings (SSSR count). The van der Waals surface area contributed by atoms with Gasteiger partial charge in [0.05, 0.1) is 13.2 Å². The molecule has 0 atom stereocenters. The molecule has 0 aliphatic rings. The third-order valence-electron chi connectivity index (χ3n) is 2.47. The van der Waals surface area contributed by atoms with E-state index in [1.54, 1.807) is 6.92 Å². The van der Waals surface area contributed by atoms with E-state index in [2.05, 4.69) is 20.3 Å². The summed E-state index contributed by atoms with van der Waals surface area (Å²) >= 11 is 0. The number of unbranched alkanes of at least 4 members (excludes halogenated alkanes) is 7. The Kier molecular flexibility index (Phi) is 17.7. The standard InChI is InChI=1S/C12H26O5S.Na/c1-3-5-6-7-8-9-10-11-12-16-18(13,14)17-15-4-2;/h3-12H2,1-2H3;. The van der Waals surface area contributed by atoms with Crippen molar-refractivity contribution < 1.29 is 21.8 Å². The average molecular weight is 305 g/mol. The molecule has 0 spiro atoms.